The first-order chi connectivity index (χ1) is 9.51. The minimum Gasteiger partial charge on any atom is -0.496 e. The van der Waals surface area contributed by atoms with Crippen LogP contribution in [-0.2, 0) is 6.42 Å². The molecule has 108 valence electrons. The number of rotatable bonds is 4. The monoisotopic (exact) mass is 400 g/mol. The first-order valence-corrected chi connectivity index (χ1v) is 8.26. The molecule has 2 aromatic rings. The number of methoxy groups -OCH3 is 1. The van der Waals surface area contributed by atoms with Gasteiger partial charge in [-0.15, -0.1) is 0 Å². The number of alkyl halides is 1. The lowest BCUT2D eigenvalue weighted by Gasteiger charge is -2.20. The van der Waals surface area contributed by atoms with Crippen LogP contribution in [0.2, 0.25) is 0 Å². The van der Waals surface area contributed by atoms with Gasteiger partial charge in [-0.2, -0.15) is 0 Å². The van der Waals surface area contributed by atoms with Crippen molar-refractivity contribution in [2.45, 2.75) is 32.0 Å². The van der Waals surface area contributed by atoms with Crippen molar-refractivity contribution in [1.29, 1.82) is 0 Å². The summed E-state index contributed by atoms with van der Waals surface area (Å²) in [7, 11) is 1.72. The normalized spacial score (nSPS) is 12.5. The van der Waals surface area contributed by atoms with E-state index in [9.17, 15) is 0 Å². The molecule has 1 atom stereocenters. The second-order valence-corrected chi connectivity index (χ2v) is 6.53. The number of hydrogen-bond donors (Lipinski definition) is 0. The highest BCUT2D eigenvalue weighted by atomic mass is 79.9. The van der Waals surface area contributed by atoms with Gasteiger partial charge in [-0.05, 0) is 37.1 Å². The van der Waals surface area contributed by atoms with E-state index >= 15 is 0 Å². The van der Waals surface area contributed by atoms with Crippen molar-refractivity contribution in [3.05, 3.63) is 50.9 Å². The summed E-state index contributed by atoms with van der Waals surface area (Å²) in [5.74, 6) is 1.93. The van der Waals surface area contributed by atoms with E-state index < -0.39 is 0 Å². The lowest BCUT2D eigenvalue weighted by atomic mass is 9.96. The lowest BCUT2D eigenvalue weighted by Crippen LogP contribution is -2.03. The fourth-order valence-corrected chi connectivity index (χ4v) is 3.99. The van der Waals surface area contributed by atoms with Crippen molar-refractivity contribution in [2.24, 2.45) is 0 Å². The predicted octanol–water partition coefficient (Wildman–Crippen LogP) is 5.71. The average Bonchev–Trinajstić information content (AvgIpc) is 2.90. The third kappa shape index (κ3) is 2.68. The molecule has 4 heteroatoms. The van der Waals surface area contributed by atoms with Crippen LogP contribution in [0.1, 0.15) is 39.8 Å². The topological polar surface area (TPSA) is 22.4 Å². The molecule has 0 aliphatic carbocycles. The van der Waals surface area contributed by atoms with Gasteiger partial charge in [-0.1, -0.05) is 38.8 Å². The summed E-state index contributed by atoms with van der Waals surface area (Å²) in [5, 5.41) is 0. The Morgan fingerprint density at radius 3 is 2.65 bits per heavy atom. The number of aryl methyl sites for hydroxylation is 2. The van der Waals surface area contributed by atoms with Crippen LogP contribution in [0.5, 0.6) is 5.75 Å². The Bertz CT molecular complexity index is 617. The SMILES string of the molecule is CCc1occc1C(Br)c1c(C)c(Br)cc(C)c1OC. The highest BCUT2D eigenvalue weighted by Gasteiger charge is 2.24. The molecular formula is C16H18Br2O2. The van der Waals surface area contributed by atoms with Gasteiger partial charge in [-0.25, -0.2) is 0 Å². The Balaban J connectivity index is 2.62. The molecule has 1 heterocycles. The van der Waals surface area contributed by atoms with E-state index in [1.807, 2.05) is 6.07 Å². The van der Waals surface area contributed by atoms with Gasteiger partial charge >= 0.3 is 0 Å². The van der Waals surface area contributed by atoms with Gasteiger partial charge in [0.1, 0.15) is 11.5 Å². The van der Waals surface area contributed by atoms with E-state index in [4.69, 9.17) is 9.15 Å². The van der Waals surface area contributed by atoms with Crippen LogP contribution in [0.4, 0.5) is 0 Å². The summed E-state index contributed by atoms with van der Waals surface area (Å²) in [6.45, 7) is 6.25. The number of furan rings is 1. The zero-order chi connectivity index (χ0) is 14.9. The Morgan fingerprint density at radius 2 is 2.05 bits per heavy atom. The van der Waals surface area contributed by atoms with Crippen LogP contribution in [0.15, 0.2) is 27.3 Å². The fourth-order valence-electron chi connectivity index (χ4n) is 2.47. The Kier molecular flexibility index (Phi) is 4.97. The molecule has 0 spiro atoms. The van der Waals surface area contributed by atoms with Gasteiger partial charge in [0.25, 0.3) is 0 Å². The molecule has 20 heavy (non-hydrogen) atoms. The quantitative estimate of drug-likeness (QED) is 0.611. The van der Waals surface area contributed by atoms with Crippen molar-refractivity contribution in [3.63, 3.8) is 0 Å². The van der Waals surface area contributed by atoms with Crippen molar-refractivity contribution >= 4 is 31.9 Å². The summed E-state index contributed by atoms with van der Waals surface area (Å²) < 4.78 is 12.3. The molecule has 0 saturated carbocycles. The van der Waals surface area contributed by atoms with E-state index in [2.05, 4.69) is 58.7 Å². The van der Waals surface area contributed by atoms with Gasteiger partial charge in [0.2, 0.25) is 0 Å². The van der Waals surface area contributed by atoms with Crippen molar-refractivity contribution in [2.75, 3.05) is 7.11 Å². The third-order valence-electron chi connectivity index (χ3n) is 3.54. The molecule has 1 unspecified atom stereocenters. The zero-order valence-corrected chi connectivity index (χ0v) is 15.3. The summed E-state index contributed by atoms with van der Waals surface area (Å²) in [4.78, 5) is 0.0577. The first-order valence-electron chi connectivity index (χ1n) is 6.55. The first kappa shape index (κ1) is 15.6. The fraction of sp³-hybridized carbons (Fsp3) is 0.375. The molecule has 0 radical (unpaired) electrons. The van der Waals surface area contributed by atoms with Gasteiger partial charge < -0.3 is 9.15 Å². The second kappa shape index (κ2) is 6.35. The number of benzene rings is 1. The summed E-state index contributed by atoms with van der Waals surface area (Å²) in [6.07, 6.45) is 2.62. The molecule has 0 amide bonds. The lowest BCUT2D eigenvalue weighted by molar-refractivity contribution is 0.406. The Hall–Kier alpha value is -0.740. The van der Waals surface area contributed by atoms with Crippen molar-refractivity contribution in [3.8, 4) is 5.75 Å². The molecule has 0 aliphatic rings. The largest absolute Gasteiger partial charge is 0.496 e. The molecule has 0 N–H and O–H groups in total. The maximum absolute atomic E-state index is 5.62. The van der Waals surface area contributed by atoms with Crippen molar-refractivity contribution in [1.82, 2.24) is 0 Å². The second-order valence-electron chi connectivity index (χ2n) is 4.76. The maximum Gasteiger partial charge on any atom is 0.126 e. The van der Waals surface area contributed by atoms with Gasteiger partial charge in [0.05, 0.1) is 18.2 Å². The number of ether oxygens (including phenoxy) is 1. The van der Waals surface area contributed by atoms with E-state index in [0.29, 0.717) is 0 Å². The Labute approximate surface area is 136 Å². The van der Waals surface area contributed by atoms with Crippen LogP contribution in [0, 0.1) is 13.8 Å². The van der Waals surface area contributed by atoms with Gasteiger partial charge in [-0.3, -0.25) is 0 Å². The molecule has 0 aliphatic heterocycles. The molecule has 2 rings (SSSR count). The van der Waals surface area contributed by atoms with E-state index in [1.165, 1.54) is 5.56 Å². The minimum atomic E-state index is 0.0577. The predicted molar refractivity (Wildman–Crippen MR) is 89.0 cm³/mol. The Morgan fingerprint density at radius 1 is 1.35 bits per heavy atom. The van der Waals surface area contributed by atoms with E-state index in [0.717, 1.165) is 39.1 Å². The van der Waals surface area contributed by atoms with E-state index in [1.54, 1.807) is 13.4 Å². The standard InChI is InChI=1S/C16H18Br2O2/c1-5-13-11(6-7-20-13)15(18)14-10(3)12(17)8-9(2)16(14)19-4/h6-8,15H,5H2,1-4H3. The van der Waals surface area contributed by atoms with Crippen LogP contribution in [-0.4, -0.2) is 7.11 Å². The molecule has 0 fully saturated rings. The van der Waals surface area contributed by atoms with Gasteiger partial charge in [0.15, 0.2) is 0 Å². The molecule has 0 saturated heterocycles. The molecule has 1 aromatic heterocycles. The maximum atomic E-state index is 5.62. The average molecular weight is 402 g/mol. The molecule has 2 nitrogen and oxygen atoms in total. The van der Waals surface area contributed by atoms with Crippen LogP contribution < -0.4 is 4.74 Å². The third-order valence-corrected chi connectivity index (χ3v) is 5.31. The molecular weight excluding hydrogens is 384 g/mol. The van der Waals surface area contributed by atoms with Crippen molar-refractivity contribution < 1.29 is 9.15 Å². The summed E-state index contributed by atoms with van der Waals surface area (Å²) in [5.41, 5.74) is 4.60. The van der Waals surface area contributed by atoms with E-state index in [-0.39, 0.29) is 4.83 Å². The zero-order valence-electron chi connectivity index (χ0n) is 12.1. The summed E-state index contributed by atoms with van der Waals surface area (Å²) >= 11 is 7.44. The molecule has 1 aromatic carbocycles. The number of hydrogen-bond acceptors (Lipinski definition) is 2. The highest BCUT2D eigenvalue weighted by molar-refractivity contribution is 9.10. The summed E-state index contributed by atoms with van der Waals surface area (Å²) in [6, 6.07) is 4.11. The van der Waals surface area contributed by atoms with Crippen LogP contribution in [0.25, 0.3) is 0 Å². The molecule has 0 bridgehead atoms. The minimum absolute atomic E-state index is 0.0577. The highest BCUT2D eigenvalue weighted by Crippen LogP contribution is 2.44. The number of halogens is 2. The van der Waals surface area contributed by atoms with Crippen LogP contribution >= 0.6 is 31.9 Å². The van der Waals surface area contributed by atoms with Crippen LogP contribution in [0.3, 0.4) is 0 Å². The van der Waals surface area contributed by atoms with Gasteiger partial charge in [0, 0.05) is 22.0 Å². The smallest absolute Gasteiger partial charge is 0.126 e.